The predicted molar refractivity (Wildman–Crippen MR) is 61.3 cm³/mol. The highest BCUT2D eigenvalue weighted by Gasteiger charge is 2.46. The fourth-order valence-electron chi connectivity index (χ4n) is 3.83. The lowest BCUT2D eigenvalue weighted by molar-refractivity contribution is -0.0131. The number of rotatable bonds is 3. The van der Waals surface area contributed by atoms with E-state index in [4.69, 9.17) is 0 Å². The second kappa shape index (κ2) is 4.22. The third kappa shape index (κ3) is 1.50. The molecule has 1 nitrogen and oxygen atoms in total. The Balaban J connectivity index is 2.12. The van der Waals surface area contributed by atoms with E-state index in [0.717, 1.165) is 17.3 Å². The maximum absolute atomic E-state index is 3.58. The van der Waals surface area contributed by atoms with Gasteiger partial charge in [-0.05, 0) is 56.0 Å². The van der Waals surface area contributed by atoms with Crippen molar-refractivity contribution in [1.29, 1.82) is 0 Å². The summed E-state index contributed by atoms with van der Waals surface area (Å²) in [7, 11) is 0. The maximum Gasteiger partial charge on any atom is -0.00152 e. The molecule has 1 N–H and O–H groups in total. The minimum atomic E-state index is 0.720. The van der Waals surface area contributed by atoms with E-state index in [1.54, 1.807) is 0 Å². The molecule has 0 radical (unpaired) electrons. The fourth-order valence-corrected chi connectivity index (χ4v) is 3.83. The monoisotopic (exact) mass is 195 g/mol. The molecule has 0 amide bonds. The Morgan fingerprint density at radius 1 is 1.29 bits per heavy atom. The third-order valence-electron chi connectivity index (χ3n) is 5.04. The highest BCUT2D eigenvalue weighted by Crippen LogP contribution is 2.53. The Bertz CT molecular complexity index is 186. The molecule has 82 valence electrons. The summed E-state index contributed by atoms with van der Waals surface area (Å²) in [5, 5.41) is 3.58. The maximum atomic E-state index is 3.58. The predicted octanol–water partition coefficient (Wildman–Crippen LogP) is 3.20. The first-order valence-corrected chi connectivity index (χ1v) is 6.54. The quantitative estimate of drug-likeness (QED) is 0.729. The van der Waals surface area contributed by atoms with Crippen LogP contribution in [0.1, 0.15) is 52.4 Å². The standard InChI is InChI=1S/C13H25N/c1-3-11-10-14-9-8-13(11,4-2)12-6-5-7-12/h11-12,14H,3-10H2,1-2H3. The molecule has 0 spiro atoms. The molecule has 1 saturated heterocycles. The van der Waals surface area contributed by atoms with E-state index >= 15 is 0 Å². The largest absolute Gasteiger partial charge is 0.316 e. The van der Waals surface area contributed by atoms with Crippen molar-refractivity contribution < 1.29 is 0 Å². The zero-order chi connectivity index (χ0) is 10.0. The molecule has 1 aliphatic carbocycles. The second-order valence-corrected chi connectivity index (χ2v) is 5.27. The Labute approximate surface area is 88.7 Å². The first kappa shape index (κ1) is 10.5. The molecule has 2 fully saturated rings. The van der Waals surface area contributed by atoms with Crippen molar-refractivity contribution in [3.05, 3.63) is 0 Å². The van der Waals surface area contributed by atoms with E-state index < -0.39 is 0 Å². The highest BCUT2D eigenvalue weighted by atomic mass is 14.9. The summed E-state index contributed by atoms with van der Waals surface area (Å²) in [6.45, 7) is 7.34. The molecule has 0 aromatic rings. The molecule has 1 heterocycles. The van der Waals surface area contributed by atoms with Crippen LogP contribution in [0, 0.1) is 17.3 Å². The molecule has 1 heteroatoms. The van der Waals surface area contributed by atoms with Crippen molar-refractivity contribution in [2.45, 2.75) is 52.4 Å². The van der Waals surface area contributed by atoms with Crippen molar-refractivity contribution in [2.24, 2.45) is 17.3 Å². The van der Waals surface area contributed by atoms with Crippen LogP contribution in [0.15, 0.2) is 0 Å². The first-order valence-electron chi connectivity index (χ1n) is 6.54. The van der Waals surface area contributed by atoms with Gasteiger partial charge in [0.25, 0.3) is 0 Å². The minimum Gasteiger partial charge on any atom is -0.316 e. The zero-order valence-electron chi connectivity index (χ0n) is 9.81. The number of hydrogen-bond donors (Lipinski definition) is 1. The van der Waals surface area contributed by atoms with Gasteiger partial charge < -0.3 is 5.32 Å². The van der Waals surface area contributed by atoms with Crippen molar-refractivity contribution >= 4 is 0 Å². The molecule has 2 atom stereocenters. The SMILES string of the molecule is CCC1CNCCC1(CC)C1CCC1. The molecule has 2 aliphatic rings. The van der Waals surface area contributed by atoms with Gasteiger partial charge in [-0.1, -0.05) is 26.7 Å². The van der Waals surface area contributed by atoms with Crippen LogP contribution < -0.4 is 5.32 Å². The summed E-state index contributed by atoms with van der Waals surface area (Å²) in [6.07, 6.45) is 8.76. The molecule has 0 aromatic heterocycles. The van der Waals surface area contributed by atoms with E-state index in [1.807, 2.05) is 0 Å². The van der Waals surface area contributed by atoms with Gasteiger partial charge in [0.15, 0.2) is 0 Å². The molecular formula is C13H25N. The summed E-state index contributed by atoms with van der Waals surface area (Å²) >= 11 is 0. The lowest BCUT2D eigenvalue weighted by Gasteiger charge is -2.52. The van der Waals surface area contributed by atoms with Gasteiger partial charge in [-0.25, -0.2) is 0 Å². The van der Waals surface area contributed by atoms with Gasteiger partial charge >= 0.3 is 0 Å². The smallest absolute Gasteiger partial charge is 0.00152 e. The molecule has 1 saturated carbocycles. The van der Waals surface area contributed by atoms with Crippen molar-refractivity contribution in [3.8, 4) is 0 Å². The molecular weight excluding hydrogens is 170 g/mol. The summed E-state index contributed by atoms with van der Waals surface area (Å²) in [4.78, 5) is 0. The van der Waals surface area contributed by atoms with E-state index in [2.05, 4.69) is 19.2 Å². The molecule has 1 aliphatic heterocycles. The molecule has 0 aromatic carbocycles. The molecule has 2 unspecified atom stereocenters. The highest BCUT2D eigenvalue weighted by molar-refractivity contribution is 4.97. The zero-order valence-corrected chi connectivity index (χ0v) is 9.81. The minimum absolute atomic E-state index is 0.720. The van der Waals surface area contributed by atoms with Crippen LogP contribution in [0.2, 0.25) is 0 Å². The Morgan fingerprint density at radius 2 is 2.07 bits per heavy atom. The fraction of sp³-hybridized carbons (Fsp3) is 1.00. The van der Waals surface area contributed by atoms with Gasteiger partial charge in [0.1, 0.15) is 0 Å². The lowest BCUT2D eigenvalue weighted by atomic mass is 9.55. The van der Waals surface area contributed by atoms with Crippen LogP contribution in [0.25, 0.3) is 0 Å². The summed E-state index contributed by atoms with van der Waals surface area (Å²) in [5.41, 5.74) is 0.720. The Kier molecular flexibility index (Phi) is 3.16. The lowest BCUT2D eigenvalue weighted by Crippen LogP contribution is -2.50. The van der Waals surface area contributed by atoms with Gasteiger partial charge in [0.05, 0.1) is 0 Å². The summed E-state index contributed by atoms with van der Waals surface area (Å²) < 4.78 is 0. The topological polar surface area (TPSA) is 12.0 Å². The van der Waals surface area contributed by atoms with Crippen molar-refractivity contribution in [1.82, 2.24) is 5.32 Å². The third-order valence-corrected chi connectivity index (χ3v) is 5.04. The number of hydrogen-bond acceptors (Lipinski definition) is 1. The molecule has 14 heavy (non-hydrogen) atoms. The van der Waals surface area contributed by atoms with Crippen molar-refractivity contribution in [2.75, 3.05) is 13.1 Å². The van der Waals surface area contributed by atoms with Gasteiger partial charge in [0.2, 0.25) is 0 Å². The van der Waals surface area contributed by atoms with Crippen LogP contribution in [-0.4, -0.2) is 13.1 Å². The van der Waals surface area contributed by atoms with Gasteiger partial charge in [0, 0.05) is 0 Å². The summed E-state index contributed by atoms with van der Waals surface area (Å²) in [5.74, 6) is 2.02. The van der Waals surface area contributed by atoms with Crippen LogP contribution in [0.4, 0.5) is 0 Å². The Morgan fingerprint density at radius 3 is 2.57 bits per heavy atom. The van der Waals surface area contributed by atoms with Crippen LogP contribution in [-0.2, 0) is 0 Å². The van der Waals surface area contributed by atoms with Crippen molar-refractivity contribution in [3.63, 3.8) is 0 Å². The Hall–Kier alpha value is -0.0400. The van der Waals surface area contributed by atoms with E-state index in [-0.39, 0.29) is 0 Å². The van der Waals surface area contributed by atoms with E-state index in [1.165, 1.54) is 51.6 Å². The van der Waals surface area contributed by atoms with Gasteiger partial charge in [-0.15, -0.1) is 0 Å². The molecule has 0 bridgehead atoms. The van der Waals surface area contributed by atoms with Gasteiger partial charge in [-0.2, -0.15) is 0 Å². The number of nitrogens with one attached hydrogen (secondary N) is 1. The van der Waals surface area contributed by atoms with E-state index in [9.17, 15) is 0 Å². The summed E-state index contributed by atoms with van der Waals surface area (Å²) in [6, 6.07) is 0. The van der Waals surface area contributed by atoms with Gasteiger partial charge in [-0.3, -0.25) is 0 Å². The van der Waals surface area contributed by atoms with E-state index in [0.29, 0.717) is 0 Å². The average Bonchev–Trinajstić information content (AvgIpc) is 2.15. The molecule has 2 rings (SSSR count). The first-order chi connectivity index (χ1) is 6.83. The average molecular weight is 195 g/mol. The van der Waals surface area contributed by atoms with Crippen LogP contribution in [0.5, 0.6) is 0 Å². The number of piperidine rings is 1. The van der Waals surface area contributed by atoms with Crippen LogP contribution in [0.3, 0.4) is 0 Å². The second-order valence-electron chi connectivity index (χ2n) is 5.27. The van der Waals surface area contributed by atoms with Crippen LogP contribution >= 0.6 is 0 Å². The normalized spacial score (nSPS) is 39.4.